The Morgan fingerprint density at radius 2 is 1.66 bits per heavy atom. The lowest BCUT2D eigenvalue weighted by atomic mass is 10.0. The molecule has 2 saturated heterocycles. The molecule has 0 aliphatic carbocycles. The van der Waals surface area contributed by atoms with Gasteiger partial charge in [-0.2, -0.15) is 0 Å². The SMILES string of the molecule is COc1ccc2ccc(O)c(CN3CCN(CC(=O)N4CCCCC4)CC3)c2c1. The van der Waals surface area contributed by atoms with Gasteiger partial charge in [0, 0.05) is 51.4 Å². The molecule has 1 amide bonds. The Morgan fingerprint density at radius 3 is 2.38 bits per heavy atom. The zero-order valence-corrected chi connectivity index (χ0v) is 17.3. The molecule has 0 saturated carbocycles. The van der Waals surface area contributed by atoms with E-state index in [2.05, 4.69) is 9.80 Å². The average molecular weight is 398 g/mol. The molecule has 2 fully saturated rings. The summed E-state index contributed by atoms with van der Waals surface area (Å²) in [6, 6.07) is 9.69. The van der Waals surface area contributed by atoms with Crippen LogP contribution in [-0.2, 0) is 11.3 Å². The van der Waals surface area contributed by atoms with Crippen LogP contribution in [0.2, 0.25) is 0 Å². The molecule has 2 heterocycles. The predicted molar refractivity (Wildman–Crippen MR) is 114 cm³/mol. The fraction of sp³-hybridized carbons (Fsp3) is 0.522. The molecular weight excluding hydrogens is 366 g/mol. The Kier molecular flexibility index (Phi) is 6.21. The molecule has 6 nitrogen and oxygen atoms in total. The molecule has 2 aromatic rings. The van der Waals surface area contributed by atoms with Crippen LogP contribution in [0.25, 0.3) is 10.8 Å². The number of hydrogen-bond acceptors (Lipinski definition) is 5. The minimum atomic E-state index is 0.275. The normalized spacial score (nSPS) is 18.9. The Bertz CT molecular complexity index is 856. The van der Waals surface area contributed by atoms with Gasteiger partial charge in [-0.1, -0.05) is 12.1 Å². The third kappa shape index (κ3) is 4.65. The van der Waals surface area contributed by atoms with E-state index in [-0.39, 0.29) is 5.91 Å². The van der Waals surface area contributed by atoms with E-state index in [1.165, 1.54) is 6.42 Å². The van der Waals surface area contributed by atoms with Gasteiger partial charge in [0.05, 0.1) is 13.7 Å². The van der Waals surface area contributed by atoms with E-state index >= 15 is 0 Å². The molecule has 0 spiro atoms. The standard InChI is InChI=1S/C23H31N3O3/c1-29-19-7-5-18-6-8-22(27)21(20(18)15-19)16-24-11-13-25(14-12-24)17-23(28)26-9-3-2-4-10-26/h5-8,15,27H,2-4,9-14,16-17H2,1H3. The number of benzene rings is 2. The lowest BCUT2D eigenvalue weighted by molar-refractivity contribution is -0.133. The van der Waals surface area contributed by atoms with Gasteiger partial charge in [-0.3, -0.25) is 14.6 Å². The largest absolute Gasteiger partial charge is 0.508 e. The second-order valence-electron chi connectivity index (χ2n) is 8.14. The Labute approximate surface area is 172 Å². The molecule has 156 valence electrons. The van der Waals surface area contributed by atoms with E-state index in [1.807, 2.05) is 29.2 Å². The average Bonchev–Trinajstić information content (AvgIpc) is 2.77. The van der Waals surface area contributed by atoms with Crippen LogP contribution >= 0.6 is 0 Å². The van der Waals surface area contributed by atoms with Crippen molar-refractivity contribution in [2.75, 3.05) is 52.9 Å². The van der Waals surface area contributed by atoms with E-state index in [0.717, 1.165) is 74.2 Å². The van der Waals surface area contributed by atoms with Crippen molar-refractivity contribution in [3.05, 3.63) is 35.9 Å². The van der Waals surface area contributed by atoms with Crippen LogP contribution < -0.4 is 4.74 Å². The lowest BCUT2D eigenvalue weighted by Gasteiger charge is -2.36. The number of likely N-dealkylation sites (tertiary alicyclic amines) is 1. The maximum Gasteiger partial charge on any atom is 0.236 e. The van der Waals surface area contributed by atoms with Gasteiger partial charge in [0.2, 0.25) is 5.91 Å². The van der Waals surface area contributed by atoms with E-state index < -0.39 is 0 Å². The number of carbonyl (C=O) groups excluding carboxylic acids is 1. The number of hydrogen-bond donors (Lipinski definition) is 1. The van der Waals surface area contributed by atoms with Gasteiger partial charge < -0.3 is 14.7 Å². The van der Waals surface area contributed by atoms with Gasteiger partial charge in [-0.25, -0.2) is 0 Å². The summed E-state index contributed by atoms with van der Waals surface area (Å²) in [4.78, 5) is 19.2. The maximum atomic E-state index is 12.5. The first kappa shape index (κ1) is 20.0. The Balaban J connectivity index is 1.37. The van der Waals surface area contributed by atoms with Crippen LogP contribution in [0.4, 0.5) is 0 Å². The van der Waals surface area contributed by atoms with Crippen molar-refractivity contribution < 1.29 is 14.6 Å². The van der Waals surface area contributed by atoms with Gasteiger partial charge >= 0.3 is 0 Å². The van der Waals surface area contributed by atoms with Crippen molar-refractivity contribution >= 4 is 16.7 Å². The van der Waals surface area contributed by atoms with Crippen LogP contribution in [-0.4, -0.2) is 78.6 Å². The molecule has 29 heavy (non-hydrogen) atoms. The first-order valence-electron chi connectivity index (χ1n) is 10.6. The van der Waals surface area contributed by atoms with Crippen LogP contribution in [0.3, 0.4) is 0 Å². The highest BCUT2D eigenvalue weighted by Gasteiger charge is 2.23. The highest BCUT2D eigenvalue weighted by Crippen LogP contribution is 2.31. The fourth-order valence-electron chi connectivity index (χ4n) is 4.41. The number of ether oxygens (including phenoxy) is 1. The number of piperazine rings is 1. The Hall–Kier alpha value is -2.31. The summed E-state index contributed by atoms with van der Waals surface area (Å²) in [7, 11) is 1.66. The minimum absolute atomic E-state index is 0.275. The van der Waals surface area contributed by atoms with Crippen molar-refractivity contribution in [3.63, 3.8) is 0 Å². The minimum Gasteiger partial charge on any atom is -0.508 e. The number of carbonyl (C=O) groups is 1. The van der Waals surface area contributed by atoms with Crippen LogP contribution in [0, 0.1) is 0 Å². The van der Waals surface area contributed by atoms with E-state index in [1.54, 1.807) is 13.2 Å². The number of aromatic hydroxyl groups is 1. The zero-order valence-electron chi connectivity index (χ0n) is 17.3. The van der Waals surface area contributed by atoms with Gasteiger partial charge in [0.25, 0.3) is 0 Å². The van der Waals surface area contributed by atoms with Crippen molar-refractivity contribution in [2.24, 2.45) is 0 Å². The van der Waals surface area contributed by atoms with Gasteiger partial charge in [-0.15, -0.1) is 0 Å². The first-order chi connectivity index (χ1) is 14.1. The van der Waals surface area contributed by atoms with Crippen molar-refractivity contribution in [3.8, 4) is 11.5 Å². The zero-order chi connectivity index (χ0) is 20.2. The van der Waals surface area contributed by atoms with Gasteiger partial charge in [0.15, 0.2) is 0 Å². The molecule has 2 aliphatic heterocycles. The highest BCUT2D eigenvalue weighted by molar-refractivity contribution is 5.89. The molecule has 0 bridgehead atoms. The van der Waals surface area contributed by atoms with Crippen molar-refractivity contribution in [2.45, 2.75) is 25.8 Å². The smallest absolute Gasteiger partial charge is 0.236 e. The fourth-order valence-corrected chi connectivity index (χ4v) is 4.41. The number of amides is 1. The van der Waals surface area contributed by atoms with E-state index in [0.29, 0.717) is 18.8 Å². The molecule has 0 aromatic heterocycles. The van der Waals surface area contributed by atoms with Crippen LogP contribution in [0.1, 0.15) is 24.8 Å². The molecule has 4 rings (SSSR count). The second-order valence-corrected chi connectivity index (χ2v) is 8.14. The van der Waals surface area contributed by atoms with Gasteiger partial charge in [0.1, 0.15) is 11.5 Å². The predicted octanol–water partition coefficient (Wildman–Crippen LogP) is 2.68. The maximum absolute atomic E-state index is 12.5. The van der Waals surface area contributed by atoms with Gasteiger partial charge in [-0.05, 0) is 48.2 Å². The van der Waals surface area contributed by atoms with E-state index in [4.69, 9.17) is 4.74 Å². The number of rotatable bonds is 5. The first-order valence-corrected chi connectivity index (χ1v) is 10.6. The number of phenols is 1. The molecule has 6 heteroatoms. The topological polar surface area (TPSA) is 56.3 Å². The van der Waals surface area contributed by atoms with Crippen molar-refractivity contribution in [1.29, 1.82) is 0 Å². The lowest BCUT2D eigenvalue weighted by Crippen LogP contribution is -2.50. The Morgan fingerprint density at radius 1 is 0.966 bits per heavy atom. The quantitative estimate of drug-likeness (QED) is 0.841. The summed E-state index contributed by atoms with van der Waals surface area (Å²) in [6.07, 6.45) is 3.52. The molecular formula is C23H31N3O3. The number of phenolic OH excluding ortho intramolecular Hbond substituents is 1. The van der Waals surface area contributed by atoms with Crippen LogP contribution in [0.15, 0.2) is 30.3 Å². The molecule has 2 aromatic carbocycles. The number of piperidine rings is 1. The molecule has 1 N–H and O–H groups in total. The highest BCUT2D eigenvalue weighted by atomic mass is 16.5. The summed E-state index contributed by atoms with van der Waals surface area (Å²) < 4.78 is 5.37. The molecule has 0 atom stereocenters. The number of nitrogens with zero attached hydrogens (tertiary/aromatic N) is 3. The number of fused-ring (bicyclic) bond motifs is 1. The van der Waals surface area contributed by atoms with Crippen LogP contribution in [0.5, 0.6) is 11.5 Å². The number of methoxy groups -OCH3 is 1. The summed E-state index contributed by atoms with van der Waals surface area (Å²) in [5.74, 6) is 1.40. The third-order valence-corrected chi connectivity index (χ3v) is 6.23. The molecule has 0 radical (unpaired) electrons. The van der Waals surface area contributed by atoms with E-state index in [9.17, 15) is 9.90 Å². The second kappa shape index (κ2) is 9.01. The molecule has 2 aliphatic rings. The molecule has 0 unspecified atom stereocenters. The monoisotopic (exact) mass is 397 g/mol. The summed E-state index contributed by atoms with van der Waals surface area (Å²) in [6.45, 7) is 6.63. The summed E-state index contributed by atoms with van der Waals surface area (Å²) in [5, 5.41) is 12.6. The summed E-state index contributed by atoms with van der Waals surface area (Å²) in [5.41, 5.74) is 0.944. The summed E-state index contributed by atoms with van der Waals surface area (Å²) >= 11 is 0. The third-order valence-electron chi connectivity index (χ3n) is 6.23. The van der Waals surface area contributed by atoms with Crippen molar-refractivity contribution in [1.82, 2.24) is 14.7 Å².